The van der Waals surface area contributed by atoms with Gasteiger partial charge >= 0.3 is 0 Å². The molecule has 0 aliphatic carbocycles. The van der Waals surface area contributed by atoms with E-state index in [1.54, 1.807) is 7.11 Å². The largest absolute Gasteiger partial charge is 0.496 e. The van der Waals surface area contributed by atoms with Crippen LogP contribution in [0.4, 0.5) is 5.69 Å². The number of rotatable bonds is 6. The molecule has 0 bridgehead atoms. The number of hydrogen-bond donors (Lipinski definition) is 2. The summed E-state index contributed by atoms with van der Waals surface area (Å²) in [6.07, 6.45) is 0.846. The monoisotopic (exact) mass is 370 g/mol. The minimum Gasteiger partial charge on any atom is -0.496 e. The zero-order valence-corrected chi connectivity index (χ0v) is 15.7. The van der Waals surface area contributed by atoms with Gasteiger partial charge in [-0.25, -0.2) is 0 Å². The van der Waals surface area contributed by atoms with Crippen molar-refractivity contribution in [3.63, 3.8) is 0 Å². The lowest BCUT2D eigenvalue weighted by Gasteiger charge is -2.23. The van der Waals surface area contributed by atoms with Gasteiger partial charge in [-0.15, -0.1) is 11.8 Å². The van der Waals surface area contributed by atoms with E-state index in [1.165, 1.54) is 11.8 Å². The number of methoxy groups -OCH3 is 1. The molecule has 0 fully saturated rings. The fourth-order valence-electron chi connectivity index (χ4n) is 2.91. The Kier molecular flexibility index (Phi) is 5.83. The lowest BCUT2D eigenvalue weighted by atomic mass is 10.1. The Morgan fingerprint density at radius 1 is 1.27 bits per heavy atom. The molecular formula is C20H22N2O3S. The highest BCUT2D eigenvalue weighted by molar-refractivity contribution is 8.01. The fraction of sp³-hybridized carbons (Fsp3) is 0.300. The number of fused-ring (bicyclic) bond motifs is 1. The molecule has 0 unspecified atom stereocenters. The summed E-state index contributed by atoms with van der Waals surface area (Å²) < 4.78 is 5.36. The van der Waals surface area contributed by atoms with Crippen LogP contribution in [0.15, 0.2) is 47.4 Å². The standard InChI is InChI=1S/C20H22N2O3S/c1-13-7-8-16(25-2)14(11-13)9-10-21-19(23)12-18-20(24)22-15-5-3-4-6-17(15)26-18/h3-8,11,18H,9-10,12H2,1-2H3,(H,21,23)(H,22,24)/t18-/m0/s1. The molecule has 26 heavy (non-hydrogen) atoms. The Bertz CT molecular complexity index is 822. The van der Waals surface area contributed by atoms with Crippen LogP contribution in [0, 0.1) is 6.92 Å². The zero-order chi connectivity index (χ0) is 18.5. The molecule has 2 N–H and O–H groups in total. The summed E-state index contributed by atoms with van der Waals surface area (Å²) in [5.74, 6) is 0.580. The minimum atomic E-state index is -0.404. The van der Waals surface area contributed by atoms with Gasteiger partial charge in [0.25, 0.3) is 0 Å². The molecule has 2 aromatic rings. The van der Waals surface area contributed by atoms with Crippen molar-refractivity contribution in [2.24, 2.45) is 0 Å². The third kappa shape index (κ3) is 4.38. The van der Waals surface area contributed by atoms with Crippen LogP contribution in [0.25, 0.3) is 0 Å². The van der Waals surface area contributed by atoms with Gasteiger partial charge in [-0.1, -0.05) is 29.8 Å². The smallest absolute Gasteiger partial charge is 0.238 e. The number of carbonyl (C=O) groups excluding carboxylic acids is 2. The van der Waals surface area contributed by atoms with Crippen LogP contribution in [-0.4, -0.2) is 30.7 Å². The lowest BCUT2D eigenvalue weighted by Crippen LogP contribution is -2.35. The van der Waals surface area contributed by atoms with Crippen molar-refractivity contribution in [3.05, 3.63) is 53.6 Å². The summed E-state index contributed by atoms with van der Waals surface area (Å²) in [5.41, 5.74) is 3.03. The van der Waals surface area contributed by atoms with Crippen LogP contribution < -0.4 is 15.4 Å². The van der Waals surface area contributed by atoms with Crippen LogP contribution in [-0.2, 0) is 16.0 Å². The summed E-state index contributed by atoms with van der Waals surface area (Å²) in [6.45, 7) is 2.53. The van der Waals surface area contributed by atoms with E-state index >= 15 is 0 Å². The van der Waals surface area contributed by atoms with Crippen molar-refractivity contribution in [3.8, 4) is 5.75 Å². The van der Waals surface area contributed by atoms with Crippen LogP contribution in [0.1, 0.15) is 17.5 Å². The Labute approximate surface area is 157 Å². The molecule has 0 saturated heterocycles. The molecule has 1 atom stereocenters. The van der Waals surface area contributed by atoms with Gasteiger partial charge in [0.2, 0.25) is 11.8 Å². The average Bonchev–Trinajstić information content (AvgIpc) is 2.62. The van der Waals surface area contributed by atoms with Gasteiger partial charge in [0.05, 0.1) is 18.0 Å². The molecule has 3 rings (SSSR count). The first-order valence-electron chi connectivity index (χ1n) is 8.53. The van der Waals surface area contributed by atoms with E-state index in [4.69, 9.17) is 4.74 Å². The van der Waals surface area contributed by atoms with Gasteiger partial charge in [-0.3, -0.25) is 9.59 Å². The minimum absolute atomic E-state index is 0.121. The molecule has 6 heteroatoms. The number of carbonyl (C=O) groups is 2. The van der Waals surface area contributed by atoms with E-state index in [9.17, 15) is 9.59 Å². The molecule has 0 radical (unpaired) electrons. The first-order valence-corrected chi connectivity index (χ1v) is 9.41. The highest BCUT2D eigenvalue weighted by atomic mass is 32.2. The number of aryl methyl sites for hydroxylation is 1. The van der Waals surface area contributed by atoms with Crippen LogP contribution >= 0.6 is 11.8 Å². The van der Waals surface area contributed by atoms with Gasteiger partial charge in [0, 0.05) is 17.9 Å². The quantitative estimate of drug-likeness (QED) is 0.820. The van der Waals surface area contributed by atoms with Crippen molar-refractivity contribution < 1.29 is 14.3 Å². The van der Waals surface area contributed by atoms with Crippen molar-refractivity contribution >= 4 is 29.3 Å². The highest BCUT2D eigenvalue weighted by Gasteiger charge is 2.28. The van der Waals surface area contributed by atoms with E-state index in [0.29, 0.717) is 13.0 Å². The number of thioether (sulfide) groups is 1. The lowest BCUT2D eigenvalue weighted by molar-refractivity contribution is -0.124. The molecule has 0 saturated carbocycles. The van der Waals surface area contributed by atoms with Crippen LogP contribution in [0.3, 0.4) is 0 Å². The molecular weight excluding hydrogens is 348 g/mol. The van der Waals surface area contributed by atoms with Crippen molar-refractivity contribution in [1.82, 2.24) is 5.32 Å². The summed E-state index contributed by atoms with van der Waals surface area (Å²) in [4.78, 5) is 25.4. The Balaban J connectivity index is 1.52. The summed E-state index contributed by atoms with van der Waals surface area (Å²) in [6, 6.07) is 13.6. The van der Waals surface area contributed by atoms with E-state index < -0.39 is 5.25 Å². The summed E-state index contributed by atoms with van der Waals surface area (Å²) in [5, 5.41) is 5.36. The molecule has 2 aromatic carbocycles. The number of hydrogen-bond acceptors (Lipinski definition) is 4. The maximum atomic E-state index is 12.2. The Morgan fingerprint density at radius 2 is 2.08 bits per heavy atom. The molecule has 1 heterocycles. The number of benzene rings is 2. The zero-order valence-electron chi connectivity index (χ0n) is 14.9. The van der Waals surface area contributed by atoms with E-state index in [1.807, 2.05) is 43.3 Å². The normalized spacial score (nSPS) is 15.8. The van der Waals surface area contributed by atoms with Gasteiger partial charge in [-0.05, 0) is 37.1 Å². The molecule has 1 aliphatic rings. The molecule has 0 aromatic heterocycles. The summed E-state index contributed by atoms with van der Waals surface area (Å²) in [7, 11) is 1.64. The van der Waals surface area contributed by atoms with E-state index in [2.05, 4.69) is 16.7 Å². The number of para-hydroxylation sites is 1. The number of anilines is 1. The fourth-order valence-corrected chi connectivity index (χ4v) is 4.02. The van der Waals surface area contributed by atoms with E-state index in [-0.39, 0.29) is 18.2 Å². The van der Waals surface area contributed by atoms with Gasteiger partial charge in [-0.2, -0.15) is 0 Å². The van der Waals surface area contributed by atoms with Crippen LogP contribution in [0.2, 0.25) is 0 Å². The van der Waals surface area contributed by atoms with Crippen LogP contribution in [0.5, 0.6) is 5.75 Å². The predicted molar refractivity (Wildman–Crippen MR) is 104 cm³/mol. The molecule has 136 valence electrons. The number of ether oxygens (including phenoxy) is 1. The predicted octanol–water partition coefficient (Wildman–Crippen LogP) is 3.17. The number of nitrogens with one attached hydrogen (secondary N) is 2. The van der Waals surface area contributed by atoms with Gasteiger partial charge in [0.1, 0.15) is 5.75 Å². The Morgan fingerprint density at radius 3 is 2.88 bits per heavy atom. The summed E-state index contributed by atoms with van der Waals surface area (Å²) >= 11 is 1.44. The molecule has 1 aliphatic heterocycles. The second-order valence-electron chi connectivity index (χ2n) is 6.21. The van der Waals surface area contributed by atoms with Gasteiger partial charge < -0.3 is 15.4 Å². The van der Waals surface area contributed by atoms with Crippen molar-refractivity contribution in [2.45, 2.75) is 29.9 Å². The SMILES string of the molecule is COc1ccc(C)cc1CCNC(=O)C[C@@H]1Sc2ccccc2NC1=O. The third-order valence-electron chi connectivity index (χ3n) is 4.23. The second-order valence-corrected chi connectivity index (χ2v) is 7.46. The van der Waals surface area contributed by atoms with E-state index in [0.717, 1.165) is 27.5 Å². The Hall–Kier alpha value is -2.47. The average molecular weight is 370 g/mol. The van der Waals surface area contributed by atoms with Crippen molar-refractivity contribution in [1.29, 1.82) is 0 Å². The number of amides is 2. The molecule has 2 amide bonds. The highest BCUT2D eigenvalue weighted by Crippen LogP contribution is 2.36. The molecule has 5 nitrogen and oxygen atoms in total. The second kappa shape index (κ2) is 8.27. The molecule has 0 spiro atoms. The maximum Gasteiger partial charge on any atom is 0.238 e. The topological polar surface area (TPSA) is 67.4 Å². The van der Waals surface area contributed by atoms with Gasteiger partial charge in [0.15, 0.2) is 0 Å². The first-order chi connectivity index (χ1) is 12.6. The third-order valence-corrected chi connectivity index (χ3v) is 5.50. The van der Waals surface area contributed by atoms with Crippen molar-refractivity contribution in [2.75, 3.05) is 19.0 Å². The maximum absolute atomic E-state index is 12.2. The first kappa shape index (κ1) is 18.3.